The van der Waals surface area contributed by atoms with Crippen LogP contribution in [-0.4, -0.2) is 11.0 Å². The minimum absolute atomic E-state index is 0.0107. The summed E-state index contributed by atoms with van der Waals surface area (Å²) in [5.41, 5.74) is 1.82. The van der Waals surface area contributed by atoms with Crippen LogP contribution in [0, 0.1) is 21.4 Å². The van der Waals surface area contributed by atoms with Gasteiger partial charge in [-0.3, -0.25) is 10.1 Å². The molecule has 0 aromatic heterocycles. The number of rotatable bonds is 4. The van der Waals surface area contributed by atoms with Crippen molar-refractivity contribution in [2.45, 2.75) is 38.1 Å². The third kappa shape index (κ3) is 3.23. The molecule has 2 aromatic carbocycles. The summed E-state index contributed by atoms with van der Waals surface area (Å²) >= 11 is 0. The molecule has 122 valence electrons. The molecule has 0 aliphatic heterocycles. The van der Waals surface area contributed by atoms with Crippen molar-refractivity contribution in [1.29, 1.82) is 5.26 Å². The lowest BCUT2D eigenvalue weighted by atomic mass is 9.93. The molecule has 1 saturated carbocycles. The molecular formula is C19H19N3O2. The van der Waals surface area contributed by atoms with Gasteiger partial charge in [0.05, 0.1) is 16.6 Å². The van der Waals surface area contributed by atoms with Gasteiger partial charge in [-0.1, -0.05) is 37.5 Å². The average Bonchev–Trinajstić information content (AvgIpc) is 2.64. The van der Waals surface area contributed by atoms with Gasteiger partial charge in [0.2, 0.25) is 0 Å². The maximum Gasteiger partial charge on any atom is 0.294 e. The number of anilines is 2. The third-order valence-electron chi connectivity index (χ3n) is 4.53. The smallest absolute Gasteiger partial charge is 0.294 e. The van der Waals surface area contributed by atoms with Crippen LogP contribution in [-0.2, 0) is 0 Å². The quantitative estimate of drug-likeness (QED) is 0.591. The molecule has 0 heterocycles. The summed E-state index contributed by atoms with van der Waals surface area (Å²) in [6.45, 7) is 0. The van der Waals surface area contributed by atoms with E-state index in [-0.39, 0.29) is 11.7 Å². The van der Waals surface area contributed by atoms with E-state index < -0.39 is 4.92 Å². The number of nitro benzene ring substituents is 1. The second-order valence-electron chi connectivity index (χ2n) is 6.07. The van der Waals surface area contributed by atoms with E-state index in [0.29, 0.717) is 11.3 Å². The fraction of sp³-hybridized carbons (Fsp3) is 0.316. The van der Waals surface area contributed by atoms with Crippen LogP contribution in [0.1, 0.15) is 37.7 Å². The molecule has 0 radical (unpaired) electrons. The number of hydrogen-bond acceptors (Lipinski definition) is 4. The maximum atomic E-state index is 11.6. The zero-order valence-electron chi connectivity index (χ0n) is 13.4. The molecule has 0 unspecified atom stereocenters. The van der Waals surface area contributed by atoms with Crippen molar-refractivity contribution in [2.24, 2.45) is 0 Å². The first-order valence-corrected chi connectivity index (χ1v) is 8.23. The highest BCUT2D eigenvalue weighted by atomic mass is 16.6. The molecule has 5 nitrogen and oxygen atoms in total. The molecule has 5 heteroatoms. The first-order chi connectivity index (χ1) is 11.7. The van der Waals surface area contributed by atoms with Gasteiger partial charge < -0.3 is 4.90 Å². The van der Waals surface area contributed by atoms with Crippen molar-refractivity contribution in [3.05, 3.63) is 64.2 Å². The first-order valence-electron chi connectivity index (χ1n) is 8.23. The van der Waals surface area contributed by atoms with Crippen molar-refractivity contribution in [1.82, 2.24) is 0 Å². The number of para-hydroxylation sites is 1. The van der Waals surface area contributed by atoms with Gasteiger partial charge in [0.25, 0.3) is 5.69 Å². The minimum Gasteiger partial charge on any atom is -0.333 e. The van der Waals surface area contributed by atoms with E-state index in [2.05, 4.69) is 4.90 Å². The minimum atomic E-state index is -0.394. The molecular weight excluding hydrogens is 302 g/mol. The second kappa shape index (κ2) is 7.14. The standard InChI is InChI=1S/C19H19N3O2/c20-14-15-11-12-18(19(13-15)22(23)24)21(16-7-3-1-4-8-16)17-9-5-2-6-10-17/h1,3-4,7-8,11-13,17H,2,5-6,9-10H2. The van der Waals surface area contributed by atoms with Gasteiger partial charge in [-0.15, -0.1) is 0 Å². The normalized spacial score (nSPS) is 14.8. The van der Waals surface area contributed by atoms with Crippen LogP contribution in [0.2, 0.25) is 0 Å². The lowest BCUT2D eigenvalue weighted by Gasteiger charge is -2.36. The zero-order chi connectivity index (χ0) is 16.9. The Balaban J connectivity index is 2.12. The number of nitriles is 1. The Labute approximate surface area is 141 Å². The van der Waals surface area contributed by atoms with E-state index >= 15 is 0 Å². The largest absolute Gasteiger partial charge is 0.333 e. The van der Waals surface area contributed by atoms with Crippen LogP contribution < -0.4 is 4.90 Å². The van der Waals surface area contributed by atoms with Crippen LogP contribution in [0.25, 0.3) is 0 Å². The van der Waals surface area contributed by atoms with E-state index in [1.807, 2.05) is 36.4 Å². The fourth-order valence-electron chi connectivity index (χ4n) is 3.42. The molecule has 0 bridgehead atoms. The summed E-state index contributed by atoms with van der Waals surface area (Å²) in [6.07, 6.45) is 5.53. The van der Waals surface area contributed by atoms with Crippen molar-refractivity contribution >= 4 is 17.1 Å². The van der Waals surface area contributed by atoms with Crippen LogP contribution in [0.15, 0.2) is 48.5 Å². The SMILES string of the molecule is N#Cc1ccc(N(c2ccccc2)C2CCCCC2)c([N+](=O)[O-])c1. The van der Waals surface area contributed by atoms with Crippen molar-refractivity contribution in [2.75, 3.05) is 4.90 Å². The van der Waals surface area contributed by atoms with E-state index in [4.69, 9.17) is 5.26 Å². The highest BCUT2D eigenvalue weighted by molar-refractivity contribution is 5.74. The highest BCUT2D eigenvalue weighted by Gasteiger charge is 2.28. The Bertz CT molecular complexity index is 762. The number of benzene rings is 2. The van der Waals surface area contributed by atoms with Crippen LogP contribution in [0.4, 0.5) is 17.1 Å². The van der Waals surface area contributed by atoms with Gasteiger partial charge in [-0.2, -0.15) is 5.26 Å². The Kier molecular flexibility index (Phi) is 4.76. The van der Waals surface area contributed by atoms with Crippen LogP contribution in [0.3, 0.4) is 0 Å². The Morgan fingerprint density at radius 1 is 1.08 bits per heavy atom. The molecule has 24 heavy (non-hydrogen) atoms. The molecule has 1 aliphatic rings. The van der Waals surface area contributed by atoms with Gasteiger partial charge in [0, 0.05) is 17.8 Å². The molecule has 0 amide bonds. The lowest BCUT2D eigenvalue weighted by Crippen LogP contribution is -2.33. The van der Waals surface area contributed by atoms with Gasteiger partial charge in [0.1, 0.15) is 5.69 Å². The average molecular weight is 321 g/mol. The Morgan fingerprint density at radius 2 is 1.79 bits per heavy atom. The number of hydrogen-bond donors (Lipinski definition) is 0. The molecule has 0 atom stereocenters. The second-order valence-corrected chi connectivity index (χ2v) is 6.07. The first kappa shape index (κ1) is 16.0. The topological polar surface area (TPSA) is 70.2 Å². The predicted molar refractivity (Wildman–Crippen MR) is 93.3 cm³/mol. The third-order valence-corrected chi connectivity index (χ3v) is 4.53. The van der Waals surface area contributed by atoms with Crippen molar-refractivity contribution in [3.8, 4) is 6.07 Å². The summed E-state index contributed by atoms with van der Waals surface area (Å²) in [6, 6.07) is 16.8. The maximum absolute atomic E-state index is 11.6. The molecule has 2 aromatic rings. The summed E-state index contributed by atoms with van der Waals surface area (Å²) in [4.78, 5) is 13.3. The Morgan fingerprint density at radius 3 is 2.42 bits per heavy atom. The van der Waals surface area contributed by atoms with E-state index in [1.165, 1.54) is 12.5 Å². The molecule has 0 N–H and O–H groups in total. The fourth-order valence-corrected chi connectivity index (χ4v) is 3.42. The molecule has 1 aliphatic carbocycles. The van der Waals surface area contributed by atoms with Gasteiger partial charge in [0.15, 0.2) is 0 Å². The van der Waals surface area contributed by atoms with E-state index in [1.54, 1.807) is 12.1 Å². The Hall–Kier alpha value is -2.87. The summed E-state index contributed by atoms with van der Waals surface area (Å²) in [5.74, 6) is 0. The van der Waals surface area contributed by atoms with Crippen molar-refractivity contribution in [3.63, 3.8) is 0 Å². The molecule has 0 saturated heterocycles. The highest BCUT2D eigenvalue weighted by Crippen LogP contribution is 2.39. The molecule has 3 rings (SSSR count). The zero-order valence-corrected chi connectivity index (χ0v) is 13.4. The van der Waals surface area contributed by atoms with E-state index in [9.17, 15) is 10.1 Å². The lowest BCUT2D eigenvalue weighted by molar-refractivity contribution is -0.384. The van der Waals surface area contributed by atoms with Gasteiger partial charge >= 0.3 is 0 Å². The van der Waals surface area contributed by atoms with Gasteiger partial charge in [-0.25, -0.2) is 0 Å². The number of nitro groups is 1. The predicted octanol–water partition coefficient (Wildman–Crippen LogP) is 4.94. The van der Waals surface area contributed by atoms with Gasteiger partial charge in [-0.05, 0) is 37.1 Å². The summed E-state index contributed by atoms with van der Waals surface area (Å²) in [5, 5.41) is 20.6. The van der Waals surface area contributed by atoms with E-state index in [0.717, 1.165) is 31.4 Å². The van der Waals surface area contributed by atoms with Crippen LogP contribution >= 0.6 is 0 Å². The number of nitrogens with zero attached hydrogens (tertiary/aromatic N) is 3. The van der Waals surface area contributed by atoms with Crippen molar-refractivity contribution < 1.29 is 4.92 Å². The molecule has 1 fully saturated rings. The molecule has 0 spiro atoms. The summed E-state index contributed by atoms with van der Waals surface area (Å²) in [7, 11) is 0. The summed E-state index contributed by atoms with van der Waals surface area (Å²) < 4.78 is 0. The monoisotopic (exact) mass is 321 g/mol. The van der Waals surface area contributed by atoms with Crippen LogP contribution in [0.5, 0.6) is 0 Å².